The van der Waals surface area contributed by atoms with Crippen LogP contribution in [0.2, 0.25) is 0 Å². The quantitative estimate of drug-likeness (QED) is 0.471. The van der Waals surface area contributed by atoms with E-state index >= 15 is 0 Å². The van der Waals surface area contributed by atoms with Crippen molar-refractivity contribution >= 4 is 27.3 Å². The van der Waals surface area contributed by atoms with E-state index in [2.05, 4.69) is 5.32 Å². The fourth-order valence-electron chi connectivity index (χ4n) is 3.88. The number of ether oxygens (including phenoxy) is 1. The van der Waals surface area contributed by atoms with Crippen molar-refractivity contribution in [3.8, 4) is 5.75 Å². The van der Waals surface area contributed by atoms with Crippen LogP contribution in [0.4, 0.5) is 11.4 Å². The molecule has 1 aliphatic rings. The second kappa shape index (κ2) is 10.1. The Kier molecular flexibility index (Phi) is 7.47. The maximum atomic E-state index is 13.2. The summed E-state index contributed by atoms with van der Waals surface area (Å²) in [6.45, 7) is 1.11. The number of benzene rings is 2. The molecule has 0 atom stereocenters. The summed E-state index contributed by atoms with van der Waals surface area (Å²) in [6.07, 6.45) is 4.75. The highest BCUT2D eigenvalue weighted by molar-refractivity contribution is 7.89. The molecule has 1 fully saturated rings. The number of para-hydroxylation sites is 1. The Morgan fingerprint density at radius 1 is 1.16 bits per heavy atom. The average Bonchev–Trinajstić information content (AvgIpc) is 2.78. The first kappa shape index (κ1) is 23.7. The smallest absolute Gasteiger partial charge is 0.276 e. The van der Waals surface area contributed by atoms with Crippen LogP contribution in [0.5, 0.6) is 5.75 Å². The number of sulfonamides is 1. The van der Waals surface area contributed by atoms with Crippen molar-refractivity contribution < 1.29 is 22.9 Å². The number of hydrogen-bond donors (Lipinski definition) is 1. The Bertz CT molecular complexity index is 1100. The molecule has 1 amide bonds. The molecule has 2 aromatic carbocycles. The van der Waals surface area contributed by atoms with E-state index in [9.17, 15) is 23.3 Å². The molecule has 1 saturated carbocycles. The van der Waals surface area contributed by atoms with Gasteiger partial charge in [0.05, 0.1) is 16.2 Å². The lowest BCUT2D eigenvalue weighted by molar-refractivity contribution is -0.385. The van der Waals surface area contributed by atoms with E-state index in [1.54, 1.807) is 19.2 Å². The van der Waals surface area contributed by atoms with E-state index in [-0.39, 0.29) is 28.1 Å². The van der Waals surface area contributed by atoms with Gasteiger partial charge in [0, 0.05) is 19.2 Å². The lowest BCUT2D eigenvalue weighted by atomic mass is 9.96. The third-order valence-corrected chi connectivity index (χ3v) is 7.69. The van der Waals surface area contributed by atoms with Gasteiger partial charge < -0.3 is 10.1 Å². The van der Waals surface area contributed by atoms with Gasteiger partial charge in [-0.05, 0) is 38.0 Å². The molecule has 0 heterocycles. The third-order valence-electron chi connectivity index (χ3n) is 5.72. The number of carbonyl (C=O) groups excluding carboxylic acids is 1. The first-order valence-electron chi connectivity index (χ1n) is 10.5. The molecule has 0 unspecified atom stereocenters. The highest BCUT2D eigenvalue weighted by atomic mass is 32.2. The summed E-state index contributed by atoms with van der Waals surface area (Å²) in [6, 6.07) is 10.5. The summed E-state index contributed by atoms with van der Waals surface area (Å²) in [5, 5.41) is 13.7. The largest absolute Gasteiger partial charge is 0.483 e. The Morgan fingerprint density at radius 3 is 2.53 bits per heavy atom. The molecule has 0 aromatic heterocycles. The van der Waals surface area contributed by atoms with Gasteiger partial charge in [-0.2, -0.15) is 4.31 Å². The van der Waals surface area contributed by atoms with E-state index < -0.39 is 27.5 Å². The first-order valence-corrected chi connectivity index (χ1v) is 11.9. The number of anilines is 1. The van der Waals surface area contributed by atoms with Crippen molar-refractivity contribution in [2.24, 2.45) is 0 Å². The zero-order chi connectivity index (χ0) is 23.3. The summed E-state index contributed by atoms with van der Waals surface area (Å²) in [5.41, 5.74) is 0.368. The van der Waals surface area contributed by atoms with Gasteiger partial charge >= 0.3 is 0 Å². The fraction of sp³-hybridized carbons (Fsp3) is 0.409. The zero-order valence-electron chi connectivity index (χ0n) is 18.1. The van der Waals surface area contributed by atoms with Gasteiger partial charge in [-0.25, -0.2) is 8.42 Å². The van der Waals surface area contributed by atoms with Crippen LogP contribution in [-0.4, -0.2) is 43.2 Å². The highest BCUT2D eigenvalue weighted by Crippen LogP contribution is 2.30. The van der Waals surface area contributed by atoms with Crippen LogP contribution in [-0.2, 0) is 14.8 Å². The molecule has 9 nitrogen and oxygen atoms in total. The van der Waals surface area contributed by atoms with Crippen LogP contribution in [0.1, 0.15) is 37.7 Å². The van der Waals surface area contributed by atoms with Gasteiger partial charge in [-0.1, -0.05) is 37.5 Å². The summed E-state index contributed by atoms with van der Waals surface area (Å²) in [7, 11) is -2.22. The van der Waals surface area contributed by atoms with Gasteiger partial charge in [0.2, 0.25) is 10.0 Å². The molecule has 3 rings (SSSR count). The first-order chi connectivity index (χ1) is 15.2. The number of nitrogens with zero attached hydrogens (tertiary/aromatic N) is 2. The number of amides is 1. The van der Waals surface area contributed by atoms with Gasteiger partial charge in [-0.15, -0.1) is 0 Å². The summed E-state index contributed by atoms with van der Waals surface area (Å²) >= 11 is 0. The number of nitrogens with one attached hydrogen (secondary N) is 1. The molecule has 0 bridgehead atoms. The molecular formula is C22H27N3O6S. The molecule has 10 heteroatoms. The number of nitro groups is 1. The molecule has 0 spiro atoms. The van der Waals surface area contributed by atoms with Crippen molar-refractivity contribution in [2.75, 3.05) is 19.0 Å². The Balaban J connectivity index is 1.73. The lowest BCUT2D eigenvalue weighted by Gasteiger charge is -2.30. The standard InChI is InChI=1S/C22H27N3O6S/c1-16-19(25(27)28)12-8-13-20(16)31-15-22(26)23-18-11-6-7-14-21(18)32(29,30)24(2)17-9-4-3-5-10-17/h6-8,11-14,17H,3-5,9-10,15H2,1-2H3,(H,23,26). The predicted octanol–water partition coefficient (Wildman–Crippen LogP) is 3.87. The van der Waals surface area contributed by atoms with Crippen molar-refractivity contribution in [3.05, 3.63) is 58.1 Å². The van der Waals surface area contributed by atoms with Crippen molar-refractivity contribution in [1.29, 1.82) is 0 Å². The Labute approximate surface area is 187 Å². The van der Waals surface area contributed by atoms with Crippen LogP contribution >= 0.6 is 0 Å². The van der Waals surface area contributed by atoms with Crippen molar-refractivity contribution in [2.45, 2.75) is 50.0 Å². The Morgan fingerprint density at radius 2 is 1.84 bits per heavy atom. The Hall–Kier alpha value is -2.98. The van der Waals surface area contributed by atoms with Crippen LogP contribution < -0.4 is 10.1 Å². The van der Waals surface area contributed by atoms with Gasteiger partial charge in [0.15, 0.2) is 6.61 Å². The molecule has 0 aliphatic heterocycles. The average molecular weight is 462 g/mol. The normalized spacial score (nSPS) is 14.8. The van der Waals surface area contributed by atoms with Crippen molar-refractivity contribution in [1.82, 2.24) is 4.31 Å². The molecule has 0 saturated heterocycles. The van der Waals surface area contributed by atoms with Crippen LogP contribution in [0.3, 0.4) is 0 Å². The summed E-state index contributed by atoms with van der Waals surface area (Å²) < 4.78 is 33.3. The van der Waals surface area contributed by atoms with Gasteiger partial charge in [0.25, 0.3) is 11.6 Å². The molecule has 32 heavy (non-hydrogen) atoms. The van der Waals surface area contributed by atoms with E-state index in [1.807, 2.05) is 0 Å². The van der Waals surface area contributed by atoms with E-state index in [0.29, 0.717) is 5.56 Å². The molecule has 1 aliphatic carbocycles. The molecule has 2 aromatic rings. The second-order valence-corrected chi connectivity index (χ2v) is 9.77. The lowest BCUT2D eigenvalue weighted by Crippen LogP contribution is -2.38. The van der Waals surface area contributed by atoms with E-state index in [4.69, 9.17) is 4.74 Å². The minimum absolute atomic E-state index is 0.0213. The van der Waals surface area contributed by atoms with Gasteiger partial charge in [0.1, 0.15) is 10.6 Å². The molecule has 1 N–H and O–H groups in total. The topological polar surface area (TPSA) is 119 Å². The third kappa shape index (κ3) is 5.25. The minimum atomic E-state index is -3.80. The SMILES string of the molecule is Cc1c(OCC(=O)Nc2ccccc2S(=O)(=O)N(C)C2CCCCC2)cccc1[N+](=O)[O-]. The van der Waals surface area contributed by atoms with Crippen molar-refractivity contribution in [3.63, 3.8) is 0 Å². The minimum Gasteiger partial charge on any atom is -0.483 e. The van der Waals surface area contributed by atoms with Crippen LogP contribution in [0.15, 0.2) is 47.4 Å². The monoisotopic (exact) mass is 461 g/mol. The second-order valence-electron chi connectivity index (χ2n) is 7.80. The predicted molar refractivity (Wildman–Crippen MR) is 120 cm³/mol. The summed E-state index contributed by atoms with van der Waals surface area (Å²) in [5.74, 6) is -0.355. The van der Waals surface area contributed by atoms with Crippen LogP contribution in [0.25, 0.3) is 0 Å². The van der Waals surface area contributed by atoms with Gasteiger partial charge in [-0.3, -0.25) is 14.9 Å². The summed E-state index contributed by atoms with van der Waals surface area (Å²) in [4.78, 5) is 23.1. The zero-order valence-corrected chi connectivity index (χ0v) is 18.9. The van der Waals surface area contributed by atoms with E-state index in [0.717, 1.165) is 32.1 Å². The molecule has 172 valence electrons. The number of nitro benzene ring substituents is 1. The molecule has 0 radical (unpaired) electrons. The maximum absolute atomic E-state index is 13.2. The maximum Gasteiger partial charge on any atom is 0.276 e. The van der Waals surface area contributed by atoms with Crippen LogP contribution in [0, 0.1) is 17.0 Å². The number of rotatable bonds is 8. The number of carbonyl (C=O) groups is 1. The molecular weight excluding hydrogens is 434 g/mol. The number of hydrogen-bond acceptors (Lipinski definition) is 6. The fourth-order valence-corrected chi connectivity index (χ4v) is 5.44. The highest BCUT2D eigenvalue weighted by Gasteiger charge is 2.31. The van der Waals surface area contributed by atoms with E-state index in [1.165, 1.54) is 41.6 Å².